The van der Waals surface area contributed by atoms with E-state index in [2.05, 4.69) is 5.16 Å². The number of hydrogen-bond donors (Lipinski definition) is 0. The molecule has 3 rings (SSSR count). The molecule has 4 heteroatoms. The maximum Gasteiger partial charge on any atom is 0.215 e. The zero-order valence-corrected chi connectivity index (χ0v) is 10.2. The van der Waals surface area contributed by atoms with Gasteiger partial charge in [-0.05, 0) is 11.4 Å². The number of carbonyl (C=O) groups excluding carboxylic acids is 1. The highest BCUT2D eigenvalue weighted by molar-refractivity contribution is 7.13. The van der Waals surface area contributed by atoms with Crippen molar-refractivity contribution in [3.05, 3.63) is 65.4 Å². The van der Waals surface area contributed by atoms with Crippen LogP contribution in [0, 0.1) is 0 Å². The monoisotopic (exact) mass is 255 g/mol. The highest BCUT2D eigenvalue weighted by atomic mass is 32.1. The second-order valence-corrected chi connectivity index (χ2v) is 4.70. The van der Waals surface area contributed by atoms with Gasteiger partial charge in [-0.15, -0.1) is 11.3 Å². The van der Waals surface area contributed by atoms with Gasteiger partial charge in [-0.3, -0.25) is 4.79 Å². The topological polar surface area (TPSA) is 43.1 Å². The average Bonchev–Trinajstić information content (AvgIpc) is 3.09. The van der Waals surface area contributed by atoms with Crippen LogP contribution in [0.4, 0.5) is 0 Å². The van der Waals surface area contributed by atoms with E-state index in [1.165, 1.54) is 6.26 Å². The minimum absolute atomic E-state index is 0.118. The second-order valence-electron chi connectivity index (χ2n) is 3.75. The van der Waals surface area contributed by atoms with E-state index < -0.39 is 0 Å². The normalized spacial score (nSPS) is 10.4. The van der Waals surface area contributed by atoms with Gasteiger partial charge >= 0.3 is 0 Å². The third-order valence-corrected chi connectivity index (χ3v) is 3.51. The smallest absolute Gasteiger partial charge is 0.215 e. The molecule has 0 saturated carbocycles. The van der Waals surface area contributed by atoms with E-state index in [4.69, 9.17) is 4.52 Å². The van der Waals surface area contributed by atoms with E-state index in [1.54, 1.807) is 23.5 Å². The van der Waals surface area contributed by atoms with Crippen molar-refractivity contribution in [2.24, 2.45) is 0 Å². The molecule has 0 fully saturated rings. The van der Waals surface area contributed by atoms with E-state index in [0.29, 0.717) is 11.3 Å². The van der Waals surface area contributed by atoms with Crippen molar-refractivity contribution >= 4 is 17.1 Å². The van der Waals surface area contributed by atoms with Crippen molar-refractivity contribution in [2.45, 2.75) is 0 Å². The number of nitrogens with zero attached hydrogens (tertiary/aromatic N) is 1. The largest absolute Gasteiger partial charge is 0.363 e. The van der Waals surface area contributed by atoms with Crippen LogP contribution in [0.15, 0.2) is 58.6 Å². The lowest BCUT2D eigenvalue weighted by Gasteiger charge is -1.98. The summed E-state index contributed by atoms with van der Waals surface area (Å²) in [6.07, 6.45) is 1.52. The highest BCUT2D eigenvalue weighted by Crippen LogP contribution is 2.28. The Bertz CT molecular complexity index is 656. The van der Waals surface area contributed by atoms with Crippen LogP contribution in [-0.2, 0) is 0 Å². The summed E-state index contributed by atoms with van der Waals surface area (Å²) in [6.45, 7) is 0. The molecule has 0 bridgehead atoms. The molecule has 2 heterocycles. The molecule has 0 atom stereocenters. The Morgan fingerprint density at radius 3 is 2.67 bits per heavy atom. The number of benzene rings is 1. The summed E-state index contributed by atoms with van der Waals surface area (Å²) in [7, 11) is 0. The highest BCUT2D eigenvalue weighted by Gasteiger charge is 2.19. The van der Waals surface area contributed by atoms with Gasteiger partial charge in [-0.1, -0.05) is 41.6 Å². The number of carbonyl (C=O) groups is 1. The fraction of sp³-hybridized carbons (Fsp3) is 0. The molecule has 18 heavy (non-hydrogen) atoms. The van der Waals surface area contributed by atoms with Gasteiger partial charge in [0.15, 0.2) is 5.69 Å². The summed E-state index contributed by atoms with van der Waals surface area (Å²) in [5.74, 6) is -0.118. The number of aromatic nitrogens is 1. The van der Waals surface area contributed by atoms with E-state index in [0.717, 1.165) is 10.4 Å². The van der Waals surface area contributed by atoms with Crippen molar-refractivity contribution in [2.75, 3.05) is 0 Å². The Morgan fingerprint density at radius 1 is 1.11 bits per heavy atom. The predicted molar refractivity (Wildman–Crippen MR) is 69.7 cm³/mol. The number of thiophene rings is 1. The molecular formula is C14H9NO2S. The molecule has 0 unspecified atom stereocenters. The molecule has 3 nitrogen and oxygen atoms in total. The van der Waals surface area contributed by atoms with Crippen LogP contribution < -0.4 is 0 Å². The van der Waals surface area contributed by atoms with Crippen LogP contribution in [0.25, 0.3) is 10.4 Å². The van der Waals surface area contributed by atoms with Gasteiger partial charge in [0.05, 0.1) is 5.56 Å². The van der Waals surface area contributed by atoms with E-state index in [1.807, 2.05) is 35.7 Å². The molecule has 3 aromatic rings. The van der Waals surface area contributed by atoms with Gasteiger partial charge in [0.25, 0.3) is 0 Å². The minimum Gasteiger partial charge on any atom is -0.363 e. The molecule has 1 aromatic carbocycles. The Labute approximate surface area is 108 Å². The quantitative estimate of drug-likeness (QED) is 0.671. The zero-order chi connectivity index (χ0) is 12.4. The van der Waals surface area contributed by atoms with Gasteiger partial charge < -0.3 is 4.52 Å². The summed E-state index contributed by atoms with van der Waals surface area (Å²) < 4.78 is 4.95. The Hall–Kier alpha value is -2.20. The fourth-order valence-electron chi connectivity index (χ4n) is 1.73. The summed E-state index contributed by atoms with van der Waals surface area (Å²) in [6, 6.07) is 13.0. The van der Waals surface area contributed by atoms with Crippen molar-refractivity contribution in [3.63, 3.8) is 0 Å². The molecule has 0 amide bonds. The van der Waals surface area contributed by atoms with Crippen LogP contribution in [0.3, 0.4) is 0 Å². The van der Waals surface area contributed by atoms with Crippen molar-refractivity contribution in [3.8, 4) is 10.4 Å². The van der Waals surface area contributed by atoms with Gasteiger partial charge in [-0.2, -0.15) is 0 Å². The molecular weight excluding hydrogens is 246 g/mol. The Kier molecular flexibility index (Phi) is 2.78. The molecule has 0 aliphatic carbocycles. The first-order chi connectivity index (χ1) is 8.86. The van der Waals surface area contributed by atoms with Crippen LogP contribution in [0.2, 0.25) is 0 Å². The molecule has 0 aliphatic heterocycles. The molecule has 0 N–H and O–H groups in total. The summed E-state index contributed by atoms with van der Waals surface area (Å²) in [5, 5.41) is 5.79. The first-order valence-corrected chi connectivity index (χ1v) is 6.32. The van der Waals surface area contributed by atoms with E-state index >= 15 is 0 Å². The SMILES string of the molecule is O=C(c1ccccc1)c1nocc1-c1cccs1. The van der Waals surface area contributed by atoms with Gasteiger partial charge in [0.2, 0.25) is 5.78 Å². The van der Waals surface area contributed by atoms with Crippen LogP contribution in [-0.4, -0.2) is 10.9 Å². The lowest BCUT2D eigenvalue weighted by Crippen LogP contribution is -2.02. The van der Waals surface area contributed by atoms with Crippen molar-refractivity contribution < 1.29 is 9.32 Å². The van der Waals surface area contributed by atoms with Crippen molar-refractivity contribution in [1.29, 1.82) is 0 Å². The number of ketones is 1. The van der Waals surface area contributed by atoms with Crippen LogP contribution in [0.5, 0.6) is 0 Å². The van der Waals surface area contributed by atoms with Crippen molar-refractivity contribution in [1.82, 2.24) is 5.16 Å². The standard InChI is InChI=1S/C14H9NO2S/c16-14(10-5-2-1-3-6-10)13-11(9-17-15-13)12-7-4-8-18-12/h1-9H. The predicted octanol–water partition coefficient (Wildman–Crippen LogP) is 3.63. The molecule has 0 radical (unpaired) electrons. The van der Waals surface area contributed by atoms with Crippen LogP contribution in [0.1, 0.15) is 16.1 Å². The lowest BCUT2D eigenvalue weighted by molar-refractivity contribution is 0.103. The lowest BCUT2D eigenvalue weighted by atomic mass is 10.1. The molecule has 0 saturated heterocycles. The average molecular weight is 255 g/mol. The third-order valence-electron chi connectivity index (χ3n) is 2.61. The maximum absolute atomic E-state index is 12.3. The maximum atomic E-state index is 12.3. The number of hydrogen-bond acceptors (Lipinski definition) is 4. The van der Waals surface area contributed by atoms with Gasteiger partial charge in [-0.25, -0.2) is 0 Å². The minimum atomic E-state index is -0.118. The number of rotatable bonds is 3. The molecule has 2 aromatic heterocycles. The summed E-state index contributed by atoms with van der Waals surface area (Å²) in [4.78, 5) is 13.3. The first kappa shape index (κ1) is 10.9. The van der Waals surface area contributed by atoms with Gasteiger partial charge in [0, 0.05) is 10.4 Å². The Morgan fingerprint density at radius 2 is 1.94 bits per heavy atom. The summed E-state index contributed by atoms with van der Waals surface area (Å²) >= 11 is 1.56. The summed E-state index contributed by atoms with van der Waals surface area (Å²) in [5.41, 5.74) is 1.73. The molecule has 0 spiro atoms. The Balaban J connectivity index is 2.04. The third kappa shape index (κ3) is 1.87. The van der Waals surface area contributed by atoms with Gasteiger partial charge in [0.1, 0.15) is 6.26 Å². The second kappa shape index (κ2) is 4.58. The molecule has 0 aliphatic rings. The first-order valence-electron chi connectivity index (χ1n) is 5.44. The fourth-order valence-corrected chi connectivity index (χ4v) is 2.47. The van der Waals surface area contributed by atoms with E-state index in [9.17, 15) is 4.79 Å². The van der Waals surface area contributed by atoms with E-state index in [-0.39, 0.29) is 5.78 Å². The zero-order valence-electron chi connectivity index (χ0n) is 9.37. The molecule has 88 valence electrons. The van der Waals surface area contributed by atoms with Crippen LogP contribution >= 0.6 is 11.3 Å².